The lowest BCUT2D eigenvalue weighted by atomic mass is 10.0. The van der Waals surface area contributed by atoms with Crippen LogP contribution in [0, 0.1) is 10.1 Å². The summed E-state index contributed by atoms with van der Waals surface area (Å²) in [6.45, 7) is 4.06. The maximum Gasteiger partial charge on any atom is 0.347 e. The molecule has 2 unspecified atom stereocenters. The highest BCUT2D eigenvalue weighted by atomic mass is 35.5. The van der Waals surface area contributed by atoms with Crippen LogP contribution in [0.15, 0.2) is 34.8 Å². The van der Waals surface area contributed by atoms with Gasteiger partial charge in [-0.3, -0.25) is 29.3 Å². The molecule has 2 aromatic rings. The molecule has 2 fully saturated rings. The van der Waals surface area contributed by atoms with Crippen molar-refractivity contribution >= 4 is 81.4 Å². The minimum atomic E-state index is -1.56. The first-order chi connectivity index (χ1) is 21.2. The van der Waals surface area contributed by atoms with Crippen molar-refractivity contribution < 1.29 is 43.2 Å². The predicted molar refractivity (Wildman–Crippen MR) is 162 cm³/mol. The van der Waals surface area contributed by atoms with Crippen LogP contribution in [0.1, 0.15) is 32.0 Å². The Bertz CT molecular complexity index is 1530. The second-order valence-electron chi connectivity index (χ2n) is 10.7. The van der Waals surface area contributed by atoms with Crippen molar-refractivity contribution in [1.82, 2.24) is 15.2 Å². The Labute approximate surface area is 268 Å². The van der Waals surface area contributed by atoms with E-state index in [-0.39, 0.29) is 41.1 Å². The second kappa shape index (κ2) is 13.8. The molecule has 240 valence electrons. The number of nitrogens with zero attached hydrogens (tertiary/aromatic N) is 4. The van der Waals surface area contributed by atoms with Crippen LogP contribution in [-0.4, -0.2) is 91.5 Å². The summed E-state index contributed by atoms with van der Waals surface area (Å²) in [5, 5.41) is 20.6. The number of nitro groups is 1. The van der Waals surface area contributed by atoms with Crippen LogP contribution in [0.2, 0.25) is 0 Å². The molecule has 4 rings (SSSR count). The molecule has 2 saturated heterocycles. The fraction of sp³-hybridized carbons (Fsp3) is 0.423. The zero-order chi connectivity index (χ0) is 32.9. The highest BCUT2D eigenvalue weighted by Crippen LogP contribution is 2.41. The van der Waals surface area contributed by atoms with Crippen molar-refractivity contribution in [3.63, 3.8) is 0 Å². The Kier molecular flexibility index (Phi) is 10.3. The summed E-state index contributed by atoms with van der Waals surface area (Å²) in [5.74, 6) is -2.79. The molecule has 0 bridgehead atoms. The average molecular weight is 683 g/mol. The van der Waals surface area contributed by atoms with Gasteiger partial charge in [0.05, 0.1) is 11.5 Å². The Hall–Kier alpha value is -4.29. The number of thiazole rings is 1. The lowest BCUT2D eigenvalue weighted by Gasteiger charge is -2.52. The molecule has 16 nitrogen and oxygen atoms in total. The number of nitro benzene ring substituents is 1. The Morgan fingerprint density at radius 2 is 2.00 bits per heavy atom. The molecule has 2 aliphatic rings. The predicted octanol–water partition coefficient (Wildman–Crippen LogP) is 1.80. The van der Waals surface area contributed by atoms with Gasteiger partial charge in [-0.2, -0.15) is 0 Å². The molecule has 3 atom stereocenters. The first-order valence-electron chi connectivity index (χ1n) is 13.1. The van der Waals surface area contributed by atoms with Crippen molar-refractivity contribution in [2.24, 2.45) is 5.16 Å². The molecule has 45 heavy (non-hydrogen) atoms. The lowest BCUT2D eigenvalue weighted by Crippen LogP contribution is -2.74. The second-order valence-corrected chi connectivity index (χ2v) is 13.4. The number of ether oxygens (including phenoxy) is 2. The van der Waals surface area contributed by atoms with E-state index in [0.29, 0.717) is 12.0 Å². The van der Waals surface area contributed by atoms with E-state index in [2.05, 4.69) is 20.8 Å². The van der Waals surface area contributed by atoms with Gasteiger partial charge >= 0.3 is 11.9 Å². The topological polar surface area (TPSA) is 209 Å². The van der Waals surface area contributed by atoms with Crippen molar-refractivity contribution in [2.75, 3.05) is 24.2 Å². The number of alkyl halides is 1. The van der Waals surface area contributed by atoms with Crippen molar-refractivity contribution in [3.05, 3.63) is 51.0 Å². The molecule has 19 heteroatoms. The number of fused-ring (bicyclic) bond motifs is 1. The fourth-order valence-corrected chi connectivity index (χ4v) is 6.50. The highest BCUT2D eigenvalue weighted by molar-refractivity contribution is 8.00. The van der Waals surface area contributed by atoms with E-state index in [0.717, 1.165) is 23.1 Å². The molecule has 0 radical (unpaired) electrons. The number of thioether (sulfide) groups is 1. The molecule has 3 amide bonds. The van der Waals surface area contributed by atoms with Crippen molar-refractivity contribution in [3.8, 4) is 0 Å². The number of rotatable bonds is 12. The van der Waals surface area contributed by atoms with Crippen LogP contribution >= 0.6 is 34.7 Å². The first-order valence-corrected chi connectivity index (χ1v) is 15.4. The minimum Gasteiger partial charge on any atom is -0.459 e. The maximum absolute atomic E-state index is 13.3. The number of β-lactam (4-membered cyclic amide) rings is 1. The van der Waals surface area contributed by atoms with Gasteiger partial charge in [-0.15, -0.1) is 34.7 Å². The van der Waals surface area contributed by atoms with Gasteiger partial charge in [0.2, 0.25) is 18.9 Å². The number of amides is 3. The van der Waals surface area contributed by atoms with Crippen LogP contribution in [0.25, 0.3) is 0 Å². The number of esters is 2. The summed E-state index contributed by atoms with van der Waals surface area (Å²) < 4.78 is 10.5. The van der Waals surface area contributed by atoms with Crippen LogP contribution in [0.5, 0.6) is 0 Å². The fourth-order valence-electron chi connectivity index (χ4n) is 4.09. The number of benzene rings is 1. The van der Waals surface area contributed by atoms with Gasteiger partial charge in [0, 0.05) is 23.3 Å². The van der Waals surface area contributed by atoms with E-state index in [1.807, 2.05) is 0 Å². The molecule has 0 aliphatic carbocycles. The monoisotopic (exact) mass is 682 g/mol. The van der Waals surface area contributed by atoms with Gasteiger partial charge < -0.3 is 29.8 Å². The smallest absolute Gasteiger partial charge is 0.347 e. The average Bonchev–Trinajstić information content (AvgIpc) is 3.44. The van der Waals surface area contributed by atoms with E-state index in [1.165, 1.54) is 34.5 Å². The number of anilines is 1. The van der Waals surface area contributed by atoms with E-state index in [1.54, 1.807) is 20.8 Å². The summed E-state index contributed by atoms with van der Waals surface area (Å²) in [6.07, 6.45) is 0.406. The largest absolute Gasteiger partial charge is 0.459 e. The zero-order valence-electron chi connectivity index (χ0n) is 24.0. The van der Waals surface area contributed by atoms with Gasteiger partial charge in [0.15, 0.2) is 15.7 Å². The molecular weight excluding hydrogens is 656 g/mol. The summed E-state index contributed by atoms with van der Waals surface area (Å²) >= 11 is 8.74. The molecule has 0 spiro atoms. The standard InChI is InChI=1S/C26H27ClN6O10S2/c1-25(2,3)43-17(35)9-42-31-18(16-10-44-24(29-16)28-13-34)20(36)30-19-21(37)32-11-26(27,12-45-22(19)32)23(38)41-8-14-4-6-15(7-5-14)33(39)40/h4-7,10,13,19,22H,8-9,11-12H2,1-3H3,(H,30,36)(H,28,29,34)/t19?,22-,26?/m1/s1. The highest BCUT2D eigenvalue weighted by Gasteiger charge is 2.57. The normalized spacial score (nSPS) is 21.1. The molecule has 1 aromatic heterocycles. The first kappa shape index (κ1) is 33.6. The zero-order valence-corrected chi connectivity index (χ0v) is 26.4. The number of aromatic nitrogens is 1. The number of carbonyl (C=O) groups is 5. The third-order valence-electron chi connectivity index (χ3n) is 6.12. The molecule has 2 N–H and O–H groups in total. The van der Waals surface area contributed by atoms with Crippen LogP contribution in [-0.2, 0) is 44.9 Å². The number of carbonyl (C=O) groups excluding carboxylic acids is 5. The van der Waals surface area contributed by atoms with Gasteiger partial charge in [-0.05, 0) is 38.5 Å². The lowest BCUT2D eigenvalue weighted by molar-refractivity contribution is -0.384. The number of nitrogens with one attached hydrogen (secondary N) is 2. The third kappa shape index (κ3) is 8.25. The van der Waals surface area contributed by atoms with Crippen LogP contribution in [0.4, 0.5) is 10.8 Å². The number of non-ortho nitro benzene ring substituents is 1. The van der Waals surface area contributed by atoms with Gasteiger partial charge in [-0.25, -0.2) is 9.78 Å². The molecular formula is C26H27ClN6O10S2. The molecule has 3 heterocycles. The van der Waals surface area contributed by atoms with Gasteiger partial charge in [0.1, 0.15) is 29.3 Å². The summed E-state index contributed by atoms with van der Waals surface area (Å²) in [7, 11) is 0. The molecule has 2 aliphatic heterocycles. The summed E-state index contributed by atoms with van der Waals surface area (Å²) in [5.41, 5.74) is -0.707. The minimum absolute atomic E-state index is 0.0153. The van der Waals surface area contributed by atoms with E-state index in [4.69, 9.17) is 25.9 Å². The Balaban J connectivity index is 1.37. The van der Waals surface area contributed by atoms with Crippen LogP contribution < -0.4 is 10.6 Å². The number of oxime groups is 1. The van der Waals surface area contributed by atoms with E-state index < -0.39 is 57.2 Å². The SMILES string of the molecule is CC(C)(C)OC(=O)CON=C(C(=O)NC1C(=O)N2CC(Cl)(C(=O)OCc3ccc([N+](=O)[O-])cc3)CS[C@H]12)c1csc(NC=O)n1. The van der Waals surface area contributed by atoms with E-state index >= 15 is 0 Å². The third-order valence-corrected chi connectivity index (χ3v) is 8.98. The maximum atomic E-state index is 13.3. The van der Waals surface area contributed by atoms with Crippen molar-refractivity contribution in [2.45, 2.75) is 49.3 Å². The van der Waals surface area contributed by atoms with Crippen molar-refractivity contribution in [1.29, 1.82) is 0 Å². The molecule has 1 aromatic carbocycles. The quantitative estimate of drug-likeness (QED) is 0.0625. The number of halogens is 1. The number of hydrogen-bond donors (Lipinski definition) is 2. The van der Waals surface area contributed by atoms with E-state index in [9.17, 15) is 34.1 Å². The van der Waals surface area contributed by atoms with Crippen LogP contribution in [0.3, 0.4) is 0 Å². The summed E-state index contributed by atoms with van der Waals surface area (Å²) in [6, 6.07) is 4.48. The molecule has 0 saturated carbocycles. The Morgan fingerprint density at radius 1 is 1.29 bits per heavy atom. The number of hydrogen-bond acceptors (Lipinski definition) is 14. The Morgan fingerprint density at radius 3 is 2.64 bits per heavy atom. The van der Waals surface area contributed by atoms with Gasteiger partial charge in [0.25, 0.3) is 11.6 Å². The van der Waals surface area contributed by atoms with Gasteiger partial charge in [-0.1, -0.05) is 5.16 Å². The summed E-state index contributed by atoms with van der Waals surface area (Å²) in [4.78, 5) is 81.2.